The molecule has 0 unspecified atom stereocenters. The van der Waals surface area contributed by atoms with Crippen molar-refractivity contribution < 1.29 is 14.3 Å². The molecule has 2 aromatic rings. The molecule has 2 heterocycles. The molecule has 0 N–H and O–H groups in total. The van der Waals surface area contributed by atoms with Crippen LogP contribution < -0.4 is 0 Å². The predicted octanol–water partition coefficient (Wildman–Crippen LogP) is 3.51. The van der Waals surface area contributed by atoms with Gasteiger partial charge in [0.1, 0.15) is 5.70 Å². The van der Waals surface area contributed by atoms with E-state index in [1.165, 1.54) is 0 Å². The number of rotatable bonds is 4. The summed E-state index contributed by atoms with van der Waals surface area (Å²) in [4.78, 5) is 26.2. The Morgan fingerprint density at radius 3 is 2.20 bits per heavy atom. The van der Waals surface area contributed by atoms with Crippen LogP contribution >= 0.6 is 11.8 Å². The molecule has 1 amide bonds. The van der Waals surface area contributed by atoms with Crippen molar-refractivity contribution in [2.45, 2.75) is 17.9 Å². The van der Waals surface area contributed by atoms with E-state index in [0.717, 1.165) is 16.9 Å². The lowest BCUT2D eigenvalue weighted by molar-refractivity contribution is -0.151. The van der Waals surface area contributed by atoms with Gasteiger partial charge in [-0.15, -0.1) is 11.8 Å². The molecule has 2 aliphatic rings. The van der Waals surface area contributed by atoms with Gasteiger partial charge < -0.3 is 4.74 Å². The highest BCUT2D eigenvalue weighted by Gasteiger charge is 2.43. The third-order valence-electron chi connectivity index (χ3n) is 4.37. The van der Waals surface area contributed by atoms with Crippen molar-refractivity contribution in [2.75, 3.05) is 5.75 Å². The average molecular weight is 351 g/mol. The molecule has 0 saturated carbocycles. The van der Waals surface area contributed by atoms with E-state index < -0.39 is 12.1 Å². The molecular weight excluding hydrogens is 334 g/mol. The predicted molar refractivity (Wildman–Crippen MR) is 96.6 cm³/mol. The Balaban J connectivity index is 1.62. The summed E-state index contributed by atoms with van der Waals surface area (Å²) >= 11 is 1.67. The number of ether oxygens (including phenoxy) is 1. The summed E-state index contributed by atoms with van der Waals surface area (Å²) in [6, 6.07) is 19.3. The molecule has 126 valence electrons. The summed E-state index contributed by atoms with van der Waals surface area (Å²) in [6.45, 7) is 0. The van der Waals surface area contributed by atoms with E-state index in [1.54, 1.807) is 22.7 Å². The van der Waals surface area contributed by atoms with Crippen LogP contribution in [0, 0.1) is 0 Å². The van der Waals surface area contributed by atoms with Gasteiger partial charge in [0, 0.05) is 5.75 Å². The topological polar surface area (TPSA) is 46.6 Å². The highest BCUT2D eigenvalue weighted by molar-refractivity contribution is 8.00. The van der Waals surface area contributed by atoms with Gasteiger partial charge in [-0.05, 0) is 17.2 Å². The van der Waals surface area contributed by atoms with E-state index in [4.69, 9.17) is 4.74 Å². The maximum atomic E-state index is 12.8. The third-order valence-corrected chi connectivity index (χ3v) is 5.49. The third kappa shape index (κ3) is 3.07. The first-order valence-electron chi connectivity index (χ1n) is 8.19. The lowest BCUT2D eigenvalue weighted by Gasteiger charge is -2.42. The molecule has 4 rings (SSSR count). The minimum atomic E-state index is -0.500. The van der Waals surface area contributed by atoms with E-state index in [0.29, 0.717) is 12.1 Å². The quantitative estimate of drug-likeness (QED) is 0.625. The molecule has 0 aliphatic carbocycles. The number of fused-ring (bicyclic) bond motifs is 1. The molecule has 2 aromatic carbocycles. The monoisotopic (exact) mass is 351 g/mol. The number of esters is 1. The standard InChI is InChI=1S/C20H17NO3S/c22-17-13-18-21(17)16(11-12-25-18)20(23)24-19(14-7-3-1-4-8-14)15-9-5-2-6-10-15/h1-11,18-19H,12-13H2/t18-/m1/s1. The van der Waals surface area contributed by atoms with Crippen molar-refractivity contribution in [1.29, 1.82) is 0 Å². The van der Waals surface area contributed by atoms with Gasteiger partial charge in [-0.25, -0.2) is 4.79 Å². The van der Waals surface area contributed by atoms with Gasteiger partial charge in [0.2, 0.25) is 5.91 Å². The number of nitrogens with zero attached hydrogens (tertiary/aromatic N) is 1. The molecule has 0 spiro atoms. The number of β-lactam (4-membered cyclic amide) rings is 1. The summed E-state index contributed by atoms with van der Waals surface area (Å²) in [6.07, 6.45) is 1.78. The second-order valence-corrected chi connectivity index (χ2v) is 7.16. The molecule has 5 heteroatoms. The second-order valence-electron chi connectivity index (χ2n) is 5.95. The fourth-order valence-electron chi connectivity index (χ4n) is 3.08. The first-order valence-corrected chi connectivity index (χ1v) is 9.23. The first-order chi connectivity index (χ1) is 12.2. The van der Waals surface area contributed by atoms with E-state index in [-0.39, 0.29) is 11.3 Å². The number of hydrogen-bond acceptors (Lipinski definition) is 4. The van der Waals surface area contributed by atoms with Crippen LogP contribution in [0.3, 0.4) is 0 Å². The lowest BCUT2D eigenvalue weighted by atomic mass is 10.0. The normalized spacial score (nSPS) is 19.1. The smallest absolute Gasteiger partial charge is 0.355 e. The summed E-state index contributed by atoms with van der Waals surface area (Å²) < 4.78 is 5.85. The molecule has 1 fully saturated rings. The zero-order chi connectivity index (χ0) is 17.2. The van der Waals surface area contributed by atoms with E-state index >= 15 is 0 Å². The number of thioether (sulfide) groups is 1. The van der Waals surface area contributed by atoms with Crippen molar-refractivity contribution in [3.63, 3.8) is 0 Å². The summed E-state index contributed by atoms with van der Waals surface area (Å²) in [5.41, 5.74) is 2.18. The molecule has 4 nitrogen and oxygen atoms in total. The highest BCUT2D eigenvalue weighted by Crippen LogP contribution is 2.38. The molecule has 1 saturated heterocycles. The van der Waals surface area contributed by atoms with Crippen molar-refractivity contribution in [1.82, 2.24) is 4.90 Å². The van der Waals surface area contributed by atoms with E-state index in [1.807, 2.05) is 60.7 Å². The number of carbonyl (C=O) groups is 2. The number of carbonyl (C=O) groups excluding carboxylic acids is 2. The molecule has 2 aliphatic heterocycles. The molecule has 0 aromatic heterocycles. The van der Waals surface area contributed by atoms with Crippen LogP contribution in [0.15, 0.2) is 72.4 Å². The fraction of sp³-hybridized carbons (Fsp3) is 0.200. The van der Waals surface area contributed by atoms with Gasteiger partial charge in [-0.1, -0.05) is 60.7 Å². The van der Waals surface area contributed by atoms with Gasteiger partial charge in [-0.2, -0.15) is 0 Å². The van der Waals surface area contributed by atoms with E-state index in [9.17, 15) is 9.59 Å². The van der Waals surface area contributed by atoms with Crippen molar-refractivity contribution in [3.8, 4) is 0 Å². The molecule has 25 heavy (non-hydrogen) atoms. The van der Waals surface area contributed by atoms with Gasteiger partial charge in [0.05, 0.1) is 11.8 Å². The van der Waals surface area contributed by atoms with Crippen LogP contribution in [0.2, 0.25) is 0 Å². The molecule has 0 radical (unpaired) electrons. The highest BCUT2D eigenvalue weighted by atomic mass is 32.2. The molecule has 1 atom stereocenters. The van der Waals surface area contributed by atoms with Gasteiger partial charge in [-0.3, -0.25) is 9.69 Å². The Morgan fingerprint density at radius 1 is 1.04 bits per heavy atom. The van der Waals surface area contributed by atoms with Crippen LogP contribution in [-0.2, 0) is 14.3 Å². The SMILES string of the molecule is O=C(OC(c1ccccc1)c1ccccc1)C1=CCS[C@@H]2CC(=O)N12. The first kappa shape index (κ1) is 16.0. The average Bonchev–Trinajstić information content (AvgIpc) is 2.66. The van der Waals surface area contributed by atoms with Crippen LogP contribution in [0.4, 0.5) is 0 Å². The summed E-state index contributed by atoms with van der Waals surface area (Å²) in [7, 11) is 0. The summed E-state index contributed by atoms with van der Waals surface area (Å²) in [5.74, 6) is 0.257. The Bertz CT molecular complexity index is 780. The fourth-order valence-corrected chi connectivity index (χ4v) is 4.20. The maximum absolute atomic E-state index is 12.8. The lowest BCUT2D eigenvalue weighted by Crippen LogP contribution is -2.53. The van der Waals surface area contributed by atoms with Gasteiger partial charge in [0.15, 0.2) is 6.10 Å². The molecular formula is C20H17NO3S. The zero-order valence-electron chi connectivity index (χ0n) is 13.5. The number of benzene rings is 2. The van der Waals surface area contributed by atoms with Crippen LogP contribution in [0.1, 0.15) is 23.7 Å². The zero-order valence-corrected chi connectivity index (χ0v) is 14.3. The van der Waals surface area contributed by atoms with Crippen LogP contribution in [-0.4, -0.2) is 27.9 Å². The van der Waals surface area contributed by atoms with Crippen molar-refractivity contribution in [2.24, 2.45) is 0 Å². The van der Waals surface area contributed by atoms with Gasteiger partial charge in [0.25, 0.3) is 0 Å². The maximum Gasteiger partial charge on any atom is 0.355 e. The van der Waals surface area contributed by atoms with Crippen LogP contribution in [0.5, 0.6) is 0 Å². The number of hydrogen-bond donors (Lipinski definition) is 0. The molecule has 0 bridgehead atoms. The Kier molecular flexibility index (Phi) is 4.32. The Labute approximate surface area is 150 Å². The Hall–Kier alpha value is -2.53. The van der Waals surface area contributed by atoms with Gasteiger partial charge >= 0.3 is 5.97 Å². The largest absolute Gasteiger partial charge is 0.448 e. The van der Waals surface area contributed by atoms with Crippen molar-refractivity contribution >= 4 is 23.6 Å². The Morgan fingerprint density at radius 2 is 1.64 bits per heavy atom. The van der Waals surface area contributed by atoms with Crippen LogP contribution in [0.25, 0.3) is 0 Å². The minimum absolute atomic E-state index is 0.0172. The van der Waals surface area contributed by atoms with E-state index in [2.05, 4.69) is 0 Å². The number of amides is 1. The second kappa shape index (κ2) is 6.76. The van der Waals surface area contributed by atoms with Crippen molar-refractivity contribution in [3.05, 3.63) is 83.6 Å². The minimum Gasteiger partial charge on any atom is -0.448 e. The summed E-state index contributed by atoms with van der Waals surface area (Å²) in [5, 5.41) is 0.0759.